The molecule has 2 heterocycles. The molecule has 1 aliphatic heterocycles. The standard InChI is InChI=1S/C10H14BrN3O2S/c1-17(15,16)14-4-2-3-8(7-14)9-5-13-10(11)6-12-9/h5-6,8H,2-4,7H2,1H3/t8-/m1/s1. The molecular formula is C10H14BrN3O2S. The minimum absolute atomic E-state index is 0.152. The summed E-state index contributed by atoms with van der Waals surface area (Å²) in [4.78, 5) is 8.42. The molecule has 0 unspecified atom stereocenters. The molecule has 2 rings (SSSR count). The lowest BCUT2D eigenvalue weighted by Gasteiger charge is -2.30. The van der Waals surface area contributed by atoms with Gasteiger partial charge in [0, 0.05) is 19.0 Å². The molecule has 1 atom stereocenters. The van der Waals surface area contributed by atoms with Crippen LogP contribution in [0, 0.1) is 0 Å². The summed E-state index contributed by atoms with van der Waals surface area (Å²) in [7, 11) is -3.10. The molecule has 0 radical (unpaired) electrons. The van der Waals surface area contributed by atoms with Crippen molar-refractivity contribution in [3.8, 4) is 0 Å². The molecule has 0 spiro atoms. The van der Waals surface area contributed by atoms with Crippen LogP contribution >= 0.6 is 15.9 Å². The van der Waals surface area contributed by atoms with Gasteiger partial charge in [0.15, 0.2) is 0 Å². The van der Waals surface area contributed by atoms with E-state index < -0.39 is 10.0 Å². The van der Waals surface area contributed by atoms with Gasteiger partial charge in [-0.3, -0.25) is 4.98 Å². The van der Waals surface area contributed by atoms with E-state index >= 15 is 0 Å². The Hall–Kier alpha value is -0.530. The Morgan fingerprint density at radius 1 is 1.41 bits per heavy atom. The first-order chi connectivity index (χ1) is 7.97. The molecule has 94 valence electrons. The first-order valence-electron chi connectivity index (χ1n) is 5.39. The van der Waals surface area contributed by atoms with Crippen LogP contribution in [-0.4, -0.2) is 42.0 Å². The molecule has 0 bridgehead atoms. The summed E-state index contributed by atoms with van der Waals surface area (Å²) >= 11 is 3.23. The zero-order valence-electron chi connectivity index (χ0n) is 9.50. The summed E-state index contributed by atoms with van der Waals surface area (Å²) in [5.74, 6) is 0.152. The molecule has 1 fully saturated rings. The number of sulfonamides is 1. The van der Waals surface area contributed by atoms with Crippen LogP contribution in [0.15, 0.2) is 17.0 Å². The highest BCUT2D eigenvalue weighted by molar-refractivity contribution is 9.10. The number of hydrogen-bond acceptors (Lipinski definition) is 4. The number of piperidine rings is 1. The summed E-state index contributed by atoms with van der Waals surface area (Å²) in [6.45, 7) is 1.12. The molecule has 5 nitrogen and oxygen atoms in total. The molecule has 1 aromatic heterocycles. The molecule has 0 aromatic carbocycles. The fourth-order valence-corrected chi connectivity index (χ4v) is 3.13. The second kappa shape index (κ2) is 4.99. The van der Waals surface area contributed by atoms with Crippen molar-refractivity contribution in [1.82, 2.24) is 14.3 Å². The molecule has 0 aliphatic carbocycles. The van der Waals surface area contributed by atoms with E-state index in [0.29, 0.717) is 17.7 Å². The Balaban J connectivity index is 2.15. The molecule has 0 amide bonds. The van der Waals surface area contributed by atoms with Gasteiger partial charge in [0.1, 0.15) is 4.60 Å². The number of halogens is 1. The van der Waals surface area contributed by atoms with Crippen LogP contribution < -0.4 is 0 Å². The third kappa shape index (κ3) is 3.23. The van der Waals surface area contributed by atoms with Gasteiger partial charge < -0.3 is 0 Å². The van der Waals surface area contributed by atoms with Crippen molar-refractivity contribution < 1.29 is 8.42 Å². The van der Waals surface area contributed by atoms with Gasteiger partial charge in [0.25, 0.3) is 0 Å². The molecule has 1 saturated heterocycles. The lowest BCUT2D eigenvalue weighted by atomic mass is 9.96. The van der Waals surface area contributed by atoms with Crippen LogP contribution in [0.3, 0.4) is 0 Å². The fraction of sp³-hybridized carbons (Fsp3) is 0.600. The average molecular weight is 320 g/mol. The Morgan fingerprint density at radius 2 is 2.18 bits per heavy atom. The predicted octanol–water partition coefficient (Wildman–Crippen LogP) is 1.38. The van der Waals surface area contributed by atoms with Crippen LogP contribution in [0.2, 0.25) is 0 Å². The van der Waals surface area contributed by atoms with Crippen molar-refractivity contribution in [3.05, 3.63) is 22.7 Å². The van der Waals surface area contributed by atoms with Crippen molar-refractivity contribution in [2.75, 3.05) is 19.3 Å². The molecule has 0 saturated carbocycles. The topological polar surface area (TPSA) is 63.2 Å². The van der Waals surface area contributed by atoms with E-state index in [-0.39, 0.29) is 5.92 Å². The monoisotopic (exact) mass is 319 g/mol. The highest BCUT2D eigenvalue weighted by Crippen LogP contribution is 2.26. The van der Waals surface area contributed by atoms with Crippen molar-refractivity contribution in [2.24, 2.45) is 0 Å². The first kappa shape index (κ1) is 12.9. The Morgan fingerprint density at radius 3 is 2.76 bits per heavy atom. The minimum atomic E-state index is -3.10. The maximum absolute atomic E-state index is 11.5. The maximum atomic E-state index is 11.5. The Kier molecular flexibility index (Phi) is 3.79. The molecule has 17 heavy (non-hydrogen) atoms. The number of aromatic nitrogens is 2. The van der Waals surface area contributed by atoms with Gasteiger partial charge >= 0.3 is 0 Å². The van der Waals surface area contributed by atoms with Gasteiger partial charge in [-0.05, 0) is 28.8 Å². The van der Waals surface area contributed by atoms with E-state index in [4.69, 9.17) is 0 Å². The largest absolute Gasteiger partial charge is 0.257 e. The second-order valence-electron chi connectivity index (χ2n) is 4.22. The lowest BCUT2D eigenvalue weighted by molar-refractivity contribution is 0.314. The van der Waals surface area contributed by atoms with Crippen molar-refractivity contribution in [1.29, 1.82) is 0 Å². The smallest absolute Gasteiger partial charge is 0.211 e. The Bertz CT molecular complexity index is 489. The highest BCUT2D eigenvalue weighted by Gasteiger charge is 2.27. The van der Waals surface area contributed by atoms with Gasteiger partial charge in [-0.25, -0.2) is 17.7 Å². The predicted molar refractivity (Wildman–Crippen MR) is 68.1 cm³/mol. The molecular weight excluding hydrogens is 306 g/mol. The second-order valence-corrected chi connectivity index (χ2v) is 7.02. The molecule has 1 aliphatic rings. The summed E-state index contributed by atoms with van der Waals surface area (Å²) < 4.78 is 25.2. The first-order valence-corrected chi connectivity index (χ1v) is 8.03. The van der Waals surface area contributed by atoms with E-state index in [9.17, 15) is 8.42 Å². The van der Waals surface area contributed by atoms with E-state index in [2.05, 4.69) is 25.9 Å². The van der Waals surface area contributed by atoms with Crippen molar-refractivity contribution in [3.63, 3.8) is 0 Å². The molecule has 0 N–H and O–H groups in total. The third-order valence-corrected chi connectivity index (χ3v) is 4.59. The average Bonchev–Trinajstić information content (AvgIpc) is 2.29. The van der Waals surface area contributed by atoms with Crippen LogP contribution in [-0.2, 0) is 10.0 Å². The van der Waals surface area contributed by atoms with Crippen LogP contribution in [0.5, 0.6) is 0 Å². The van der Waals surface area contributed by atoms with Crippen molar-refractivity contribution in [2.45, 2.75) is 18.8 Å². The van der Waals surface area contributed by atoms with Crippen LogP contribution in [0.25, 0.3) is 0 Å². The van der Waals surface area contributed by atoms with E-state index in [0.717, 1.165) is 18.5 Å². The number of nitrogens with zero attached hydrogens (tertiary/aromatic N) is 3. The van der Waals surface area contributed by atoms with Gasteiger partial charge in [0.2, 0.25) is 10.0 Å². The van der Waals surface area contributed by atoms with Gasteiger partial charge in [-0.15, -0.1) is 0 Å². The van der Waals surface area contributed by atoms with Crippen LogP contribution in [0.4, 0.5) is 0 Å². The summed E-state index contributed by atoms with van der Waals surface area (Å²) in [6, 6.07) is 0. The minimum Gasteiger partial charge on any atom is -0.257 e. The molecule has 1 aromatic rings. The Labute approximate surface area is 109 Å². The highest BCUT2D eigenvalue weighted by atomic mass is 79.9. The van der Waals surface area contributed by atoms with E-state index in [1.807, 2.05) is 0 Å². The fourth-order valence-electron chi connectivity index (χ4n) is 2.02. The third-order valence-electron chi connectivity index (χ3n) is 2.91. The van der Waals surface area contributed by atoms with E-state index in [1.54, 1.807) is 12.4 Å². The zero-order valence-corrected chi connectivity index (χ0v) is 11.9. The summed E-state index contributed by atoms with van der Waals surface area (Å²) in [5.41, 5.74) is 0.863. The maximum Gasteiger partial charge on any atom is 0.211 e. The SMILES string of the molecule is CS(=O)(=O)N1CCC[C@@H](c2cnc(Br)cn2)C1. The van der Waals surface area contributed by atoms with Crippen molar-refractivity contribution >= 4 is 26.0 Å². The lowest BCUT2D eigenvalue weighted by Crippen LogP contribution is -2.38. The quantitative estimate of drug-likeness (QED) is 0.826. The zero-order chi connectivity index (χ0) is 12.5. The molecule has 7 heteroatoms. The summed E-state index contributed by atoms with van der Waals surface area (Å²) in [5, 5.41) is 0. The van der Waals surface area contributed by atoms with Crippen LogP contribution in [0.1, 0.15) is 24.5 Å². The summed E-state index contributed by atoms with van der Waals surface area (Å²) in [6.07, 6.45) is 6.44. The normalized spacial score (nSPS) is 22.6. The number of hydrogen-bond donors (Lipinski definition) is 0. The van der Waals surface area contributed by atoms with Gasteiger partial charge in [-0.1, -0.05) is 0 Å². The van der Waals surface area contributed by atoms with E-state index in [1.165, 1.54) is 10.6 Å². The number of rotatable bonds is 2. The van der Waals surface area contributed by atoms with Gasteiger partial charge in [-0.2, -0.15) is 0 Å². The van der Waals surface area contributed by atoms with Gasteiger partial charge in [0.05, 0.1) is 24.3 Å².